The Labute approximate surface area is 127 Å². The van der Waals surface area contributed by atoms with Crippen LogP contribution in [0.15, 0.2) is 24.3 Å². The minimum absolute atomic E-state index is 0.381. The van der Waals surface area contributed by atoms with Gasteiger partial charge in [-0.3, -0.25) is 4.18 Å². The van der Waals surface area contributed by atoms with Crippen molar-refractivity contribution in [1.29, 1.82) is 0 Å². The van der Waals surface area contributed by atoms with Gasteiger partial charge in [-0.2, -0.15) is 0 Å². The highest BCUT2D eigenvalue weighted by molar-refractivity contribution is 7.67. The van der Waals surface area contributed by atoms with Crippen LogP contribution in [0.2, 0.25) is 0 Å². The molecule has 1 heterocycles. The Kier molecular flexibility index (Phi) is 4.49. The fourth-order valence-corrected chi connectivity index (χ4v) is 2.47. The summed E-state index contributed by atoms with van der Waals surface area (Å²) in [6.45, 7) is 9.70. The van der Waals surface area contributed by atoms with Crippen LogP contribution in [0.4, 0.5) is 0 Å². The van der Waals surface area contributed by atoms with Crippen LogP contribution >= 0.6 is 0 Å². The maximum Gasteiger partial charge on any atom is 0.494 e. The molecule has 2 rings (SSSR count). The van der Waals surface area contributed by atoms with Gasteiger partial charge in [-0.25, -0.2) is 8.42 Å². The van der Waals surface area contributed by atoms with Crippen molar-refractivity contribution < 1.29 is 21.9 Å². The van der Waals surface area contributed by atoms with Crippen LogP contribution in [0.1, 0.15) is 46.3 Å². The Morgan fingerprint density at radius 1 is 1.05 bits per heavy atom. The summed E-state index contributed by atoms with van der Waals surface area (Å²) in [5, 5.41) is 0. The minimum Gasteiger partial charge on any atom is -0.399 e. The van der Waals surface area contributed by atoms with E-state index in [1.165, 1.54) is 0 Å². The van der Waals surface area contributed by atoms with Gasteiger partial charge in [0.2, 0.25) is 0 Å². The van der Waals surface area contributed by atoms with Crippen molar-refractivity contribution in [2.75, 3.05) is 0 Å². The molecule has 0 bridgehead atoms. The average Bonchev–Trinajstić information content (AvgIpc) is 2.58. The van der Waals surface area contributed by atoms with Crippen LogP contribution in [0.25, 0.3) is 0 Å². The average molecular weight is 312 g/mol. The summed E-state index contributed by atoms with van der Waals surface area (Å²) in [7, 11) is -3.27. The summed E-state index contributed by atoms with van der Waals surface area (Å²) in [5.41, 5.74) is 0.923. The third kappa shape index (κ3) is 3.48. The van der Waals surface area contributed by atoms with Crippen molar-refractivity contribution in [3.8, 4) is 0 Å². The third-order valence-corrected chi connectivity index (χ3v) is 4.66. The van der Waals surface area contributed by atoms with Crippen molar-refractivity contribution in [3.05, 3.63) is 29.8 Å². The summed E-state index contributed by atoms with van der Waals surface area (Å²) < 4.78 is 37.8. The van der Waals surface area contributed by atoms with E-state index in [0.717, 1.165) is 11.0 Å². The van der Waals surface area contributed by atoms with E-state index >= 15 is 0 Å². The minimum atomic E-state index is -2.85. The molecule has 1 aliphatic heterocycles. The zero-order valence-corrected chi connectivity index (χ0v) is 13.8. The van der Waals surface area contributed by atoms with Gasteiger partial charge in [0, 0.05) is 0 Å². The molecule has 5 nitrogen and oxygen atoms in total. The van der Waals surface area contributed by atoms with Crippen LogP contribution in [0.5, 0.6) is 0 Å². The molecule has 0 radical (unpaired) electrons. The Hall–Kier alpha value is -0.885. The molecule has 0 aliphatic carbocycles. The van der Waals surface area contributed by atoms with E-state index in [1.54, 1.807) is 6.92 Å². The Balaban J connectivity index is 2.14. The quantitative estimate of drug-likeness (QED) is 0.676. The molecule has 116 valence electrons. The fraction of sp³-hybridized carbons (Fsp3) is 0.571. The van der Waals surface area contributed by atoms with Crippen molar-refractivity contribution in [2.45, 2.75) is 51.9 Å². The van der Waals surface area contributed by atoms with E-state index < -0.39 is 24.2 Å². The Morgan fingerprint density at radius 3 is 1.95 bits per heavy atom. The molecule has 1 fully saturated rings. The molecular weight excluding hydrogens is 291 g/mol. The number of thiol groups is 1. The second-order valence-electron chi connectivity index (χ2n) is 6.23. The van der Waals surface area contributed by atoms with Gasteiger partial charge in [0.05, 0.1) is 17.3 Å². The van der Waals surface area contributed by atoms with Crippen LogP contribution in [-0.4, -0.2) is 26.7 Å². The SMILES string of the molecule is CC(O[SH](=O)=O)c1ccc(B2OC(C)(C)C(C)(C)O2)cc1. The van der Waals surface area contributed by atoms with E-state index in [9.17, 15) is 8.42 Å². The van der Waals surface area contributed by atoms with Gasteiger partial charge >= 0.3 is 7.12 Å². The van der Waals surface area contributed by atoms with E-state index in [0.29, 0.717) is 0 Å². The number of rotatable bonds is 4. The molecule has 0 N–H and O–H groups in total. The Bertz CT molecular complexity index is 556. The van der Waals surface area contributed by atoms with Gasteiger partial charge in [0.25, 0.3) is 11.0 Å². The highest BCUT2D eigenvalue weighted by Gasteiger charge is 2.51. The number of hydrogen-bond donors (Lipinski definition) is 1. The molecule has 1 atom stereocenters. The van der Waals surface area contributed by atoms with E-state index in [2.05, 4.69) is 0 Å². The first-order chi connectivity index (χ1) is 9.62. The monoisotopic (exact) mass is 312 g/mol. The second-order valence-corrected chi connectivity index (χ2v) is 6.88. The molecule has 1 aromatic rings. The zero-order chi connectivity index (χ0) is 15.8. The molecule has 21 heavy (non-hydrogen) atoms. The van der Waals surface area contributed by atoms with E-state index in [4.69, 9.17) is 13.5 Å². The molecule has 1 aromatic carbocycles. The first-order valence-corrected chi connectivity index (χ1v) is 7.98. The topological polar surface area (TPSA) is 61.8 Å². The van der Waals surface area contributed by atoms with Crippen molar-refractivity contribution in [1.82, 2.24) is 0 Å². The molecule has 0 spiro atoms. The van der Waals surface area contributed by atoms with Gasteiger partial charge in [-0.05, 0) is 45.6 Å². The number of benzene rings is 1. The van der Waals surface area contributed by atoms with Crippen molar-refractivity contribution in [2.24, 2.45) is 0 Å². The molecule has 0 aromatic heterocycles. The molecule has 0 saturated carbocycles. The highest BCUT2D eigenvalue weighted by atomic mass is 32.2. The summed E-state index contributed by atoms with van der Waals surface area (Å²) in [4.78, 5) is 0. The van der Waals surface area contributed by atoms with Gasteiger partial charge in [-0.1, -0.05) is 24.3 Å². The van der Waals surface area contributed by atoms with Crippen molar-refractivity contribution in [3.63, 3.8) is 0 Å². The Morgan fingerprint density at radius 2 is 1.52 bits per heavy atom. The lowest BCUT2D eigenvalue weighted by Gasteiger charge is -2.32. The predicted molar refractivity (Wildman–Crippen MR) is 82.0 cm³/mol. The maximum atomic E-state index is 10.6. The predicted octanol–water partition coefficient (Wildman–Crippen LogP) is 1.59. The summed E-state index contributed by atoms with van der Waals surface area (Å²) in [5.74, 6) is 0. The largest absolute Gasteiger partial charge is 0.494 e. The van der Waals surface area contributed by atoms with Crippen molar-refractivity contribution >= 4 is 23.6 Å². The van der Waals surface area contributed by atoms with Crippen LogP contribution in [0.3, 0.4) is 0 Å². The lowest BCUT2D eigenvalue weighted by molar-refractivity contribution is 0.00578. The van der Waals surface area contributed by atoms with Gasteiger partial charge in [-0.15, -0.1) is 0 Å². The summed E-state index contributed by atoms with van der Waals surface area (Å²) >= 11 is 0. The smallest absolute Gasteiger partial charge is 0.399 e. The fourth-order valence-electron chi connectivity index (χ4n) is 2.09. The number of hydrogen-bond acceptors (Lipinski definition) is 5. The lowest BCUT2D eigenvalue weighted by atomic mass is 9.78. The van der Waals surface area contributed by atoms with Crippen LogP contribution in [-0.2, 0) is 24.5 Å². The summed E-state index contributed by atoms with van der Waals surface area (Å²) in [6.07, 6.45) is -0.501. The first kappa shape index (κ1) is 16.5. The zero-order valence-electron chi connectivity index (χ0n) is 13.0. The third-order valence-electron chi connectivity index (χ3n) is 4.18. The first-order valence-electron chi connectivity index (χ1n) is 6.89. The molecule has 7 heteroatoms. The summed E-state index contributed by atoms with van der Waals surface area (Å²) in [6, 6.07) is 7.39. The van der Waals surface area contributed by atoms with Gasteiger partial charge in [0.15, 0.2) is 0 Å². The maximum absolute atomic E-state index is 10.6. The molecule has 1 aliphatic rings. The second kappa shape index (κ2) is 5.72. The van der Waals surface area contributed by atoms with Gasteiger partial charge in [0.1, 0.15) is 0 Å². The van der Waals surface area contributed by atoms with E-state index in [1.807, 2.05) is 52.0 Å². The highest BCUT2D eigenvalue weighted by Crippen LogP contribution is 2.36. The van der Waals surface area contributed by atoms with E-state index in [-0.39, 0.29) is 11.2 Å². The van der Waals surface area contributed by atoms with Crippen LogP contribution < -0.4 is 5.46 Å². The van der Waals surface area contributed by atoms with Crippen LogP contribution in [0, 0.1) is 0 Å². The molecule has 1 saturated heterocycles. The molecule has 1 unspecified atom stereocenters. The molecular formula is C14H21BO5S. The molecule has 0 amide bonds. The lowest BCUT2D eigenvalue weighted by Crippen LogP contribution is -2.41. The normalized spacial score (nSPS) is 21.7. The van der Waals surface area contributed by atoms with Gasteiger partial charge < -0.3 is 9.31 Å². The standard InChI is InChI=1S/C14H21BO5S/c1-10(18-21(16)17)11-6-8-12(9-7-11)15-19-13(2,3)14(4,5)20-15/h6-10,21H,1-5H3.